The topological polar surface area (TPSA) is 82.4 Å². The Hall–Kier alpha value is -3.54. The van der Waals surface area contributed by atoms with E-state index < -0.39 is 29.2 Å². The number of rotatable bonds is 10. The minimum atomic E-state index is -4.78. The van der Waals surface area contributed by atoms with Gasteiger partial charge >= 0.3 is 6.18 Å². The molecule has 1 amide bonds. The molecule has 8 nitrogen and oxygen atoms in total. The van der Waals surface area contributed by atoms with E-state index in [9.17, 15) is 18.0 Å². The highest BCUT2D eigenvalue weighted by atomic mass is 19.4. The second-order valence-corrected chi connectivity index (χ2v) is 10.3. The number of amides is 1. The predicted octanol–water partition coefficient (Wildman–Crippen LogP) is 6.06. The summed E-state index contributed by atoms with van der Waals surface area (Å²) in [6, 6.07) is 4.32. The first-order chi connectivity index (χ1) is 19.1. The summed E-state index contributed by atoms with van der Waals surface area (Å²) in [5.41, 5.74) is -0.547. The minimum Gasteiger partial charge on any atom is -0.435 e. The largest absolute Gasteiger partial charge is 0.435 e. The zero-order chi connectivity index (χ0) is 28.9. The number of pyridine rings is 1. The van der Waals surface area contributed by atoms with Crippen molar-refractivity contribution in [2.75, 3.05) is 18.6 Å². The van der Waals surface area contributed by atoms with Gasteiger partial charge in [-0.2, -0.15) is 28.2 Å². The van der Waals surface area contributed by atoms with Gasteiger partial charge in [0.1, 0.15) is 5.56 Å². The van der Waals surface area contributed by atoms with E-state index in [0.717, 1.165) is 37.8 Å². The standard InChI is InChI=1S/C28H33F4N5O3/c1-18-4-6-21(7-5-18)27(38)37(19(2)17-39-3)22-8-9-25(24(29)15-22)40-26-23(28(30,31)32)14-20(16-33-26)10-13-36-34-11-12-35-36/h8-9,11-12,14-16,18-19,21H,4-7,10,13,17H2,1-3H3/t18?,19-,21?/m0/s1. The van der Waals surface area contributed by atoms with Gasteiger partial charge in [0, 0.05) is 31.0 Å². The van der Waals surface area contributed by atoms with Crippen LogP contribution in [0.3, 0.4) is 0 Å². The number of halogens is 4. The third-order valence-corrected chi connectivity index (χ3v) is 7.13. The zero-order valence-corrected chi connectivity index (χ0v) is 22.7. The molecule has 0 unspecified atom stereocenters. The highest BCUT2D eigenvalue weighted by molar-refractivity contribution is 5.95. The Kier molecular flexibility index (Phi) is 9.39. The maximum Gasteiger partial charge on any atom is 0.421 e. The lowest BCUT2D eigenvalue weighted by Gasteiger charge is -2.34. The Balaban J connectivity index is 1.56. The normalized spacial score (nSPS) is 18.4. The third-order valence-electron chi connectivity index (χ3n) is 7.13. The fraction of sp³-hybridized carbons (Fsp3) is 0.500. The monoisotopic (exact) mass is 563 g/mol. The van der Waals surface area contributed by atoms with E-state index in [0.29, 0.717) is 11.5 Å². The van der Waals surface area contributed by atoms with E-state index in [1.165, 1.54) is 47.5 Å². The fourth-order valence-corrected chi connectivity index (χ4v) is 4.95. The lowest BCUT2D eigenvalue weighted by molar-refractivity contribution is -0.139. The van der Waals surface area contributed by atoms with Crippen LogP contribution in [0.1, 0.15) is 50.7 Å². The smallest absolute Gasteiger partial charge is 0.421 e. The van der Waals surface area contributed by atoms with Gasteiger partial charge < -0.3 is 14.4 Å². The van der Waals surface area contributed by atoms with Crippen LogP contribution < -0.4 is 9.64 Å². The van der Waals surface area contributed by atoms with Crippen molar-refractivity contribution in [2.45, 2.75) is 64.7 Å². The van der Waals surface area contributed by atoms with Crippen molar-refractivity contribution >= 4 is 11.6 Å². The molecule has 1 aliphatic carbocycles. The van der Waals surface area contributed by atoms with Crippen LogP contribution in [0.5, 0.6) is 11.6 Å². The highest BCUT2D eigenvalue weighted by Crippen LogP contribution is 2.39. The predicted molar refractivity (Wildman–Crippen MR) is 139 cm³/mol. The average molecular weight is 564 g/mol. The summed E-state index contributed by atoms with van der Waals surface area (Å²) in [5, 5.41) is 7.86. The summed E-state index contributed by atoms with van der Waals surface area (Å²) in [7, 11) is 1.52. The molecule has 40 heavy (non-hydrogen) atoms. The van der Waals surface area contributed by atoms with Crippen molar-refractivity contribution in [3.8, 4) is 11.6 Å². The van der Waals surface area contributed by atoms with E-state index in [2.05, 4.69) is 22.1 Å². The molecule has 0 radical (unpaired) electrons. The number of methoxy groups -OCH3 is 1. The number of hydrogen-bond acceptors (Lipinski definition) is 6. The summed E-state index contributed by atoms with van der Waals surface area (Å²) in [5.74, 6) is -1.87. The molecule has 12 heteroatoms. The second-order valence-electron chi connectivity index (χ2n) is 10.3. The molecular formula is C28H33F4N5O3. The molecule has 1 atom stereocenters. The first kappa shape index (κ1) is 29.4. The summed E-state index contributed by atoms with van der Waals surface area (Å²) in [6.45, 7) is 4.46. The van der Waals surface area contributed by atoms with Crippen LogP contribution in [0.2, 0.25) is 0 Å². The summed E-state index contributed by atoms with van der Waals surface area (Å²) in [6.07, 6.45) is 3.00. The number of carbonyl (C=O) groups excluding carboxylic acids is 1. The molecule has 3 aromatic rings. The SMILES string of the molecule is COC[C@H](C)N(C(=O)C1CCC(C)CC1)c1ccc(Oc2ncc(CCn3nccn3)cc2C(F)(F)F)c(F)c1. The molecule has 0 N–H and O–H groups in total. The van der Waals surface area contributed by atoms with Gasteiger partial charge in [-0.25, -0.2) is 9.37 Å². The van der Waals surface area contributed by atoms with Gasteiger partial charge in [-0.15, -0.1) is 0 Å². The van der Waals surface area contributed by atoms with Gasteiger partial charge in [-0.1, -0.05) is 6.92 Å². The summed E-state index contributed by atoms with van der Waals surface area (Å²) < 4.78 is 67.5. The number of nitrogens with zero attached hydrogens (tertiary/aromatic N) is 5. The molecule has 0 bridgehead atoms. The van der Waals surface area contributed by atoms with Crippen LogP contribution in [-0.2, 0) is 28.7 Å². The molecule has 0 saturated heterocycles. The van der Waals surface area contributed by atoms with E-state index in [1.54, 1.807) is 6.92 Å². The van der Waals surface area contributed by atoms with E-state index in [4.69, 9.17) is 9.47 Å². The van der Waals surface area contributed by atoms with Gasteiger partial charge in [-0.05, 0) is 68.7 Å². The van der Waals surface area contributed by atoms with Crippen molar-refractivity contribution in [2.24, 2.45) is 11.8 Å². The molecular weight excluding hydrogens is 530 g/mol. The van der Waals surface area contributed by atoms with Crippen molar-refractivity contribution in [1.29, 1.82) is 0 Å². The van der Waals surface area contributed by atoms with Gasteiger partial charge in [-0.3, -0.25) is 4.79 Å². The zero-order valence-electron chi connectivity index (χ0n) is 22.7. The minimum absolute atomic E-state index is 0.119. The molecule has 1 fully saturated rings. The van der Waals surface area contributed by atoms with Crippen LogP contribution in [-0.4, -0.2) is 45.6 Å². The van der Waals surface area contributed by atoms with Gasteiger partial charge in [0.25, 0.3) is 0 Å². The van der Waals surface area contributed by atoms with Crippen molar-refractivity contribution in [1.82, 2.24) is 20.0 Å². The second kappa shape index (κ2) is 12.8. The number of alkyl halides is 3. The molecule has 2 heterocycles. The van der Waals surface area contributed by atoms with Crippen molar-refractivity contribution in [3.63, 3.8) is 0 Å². The molecule has 216 valence electrons. The van der Waals surface area contributed by atoms with Crippen molar-refractivity contribution in [3.05, 3.63) is 59.8 Å². The molecule has 4 rings (SSSR count). The maximum atomic E-state index is 15.3. The number of ether oxygens (including phenoxy) is 2. The number of carbonyl (C=O) groups is 1. The van der Waals surface area contributed by atoms with E-state index in [1.807, 2.05) is 0 Å². The van der Waals surface area contributed by atoms with Gasteiger partial charge in [0.15, 0.2) is 11.6 Å². The molecule has 1 saturated carbocycles. The molecule has 0 spiro atoms. The highest BCUT2D eigenvalue weighted by Gasteiger charge is 2.36. The summed E-state index contributed by atoms with van der Waals surface area (Å²) >= 11 is 0. The molecule has 2 aromatic heterocycles. The van der Waals surface area contributed by atoms with Crippen LogP contribution in [0.4, 0.5) is 23.2 Å². The lowest BCUT2D eigenvalue weighted by atomic mass is 9.82. The van der Waals surface area contributed by atoms with E-state index >= 15 is 4.39 Å². The Morgan fingerprint density at radius 1 is 1.15 bits per heavy atom. The fourth-order valence-electron chi connectivity index (χ4n) is 4.95. The van der Waals surface area contributed by atoms with Gasteiger partial charge in [0.05, 0.1) is 31.6 Å². The first-order valence-corrected chi connectivity index (χ1v) is 13.3. The Morgan fingerprint density at radius 2 is 1.85 bits per heavy atom. The molecule has 0 aliphatic heterocycles. The molecule has 1 aliphatic rings. The third kappa shape index (κ3) is 7.15. The van der Waals surface area contributed by atoms with Crippen LogP contribution in [0, 0.1) is 17.7 Å². The van der Waals surface area contributed by atoms with Crippen LogP contribution in [0.25, 0.3) is 0 Å². The quantitative estimate of drug-likeness (QED) is 0.279. The number of aromatic nitrogens is 4. The number of anilines is 1. The van der Waals surface area contributed by atoms with Crippen molar-refractivity contribution < 1.29 is 31.8 Å². The number of benzene rings is 1. The maximum absolute atomic E-state index is 15.3. The average Bonchev–Trinajstić information content (AvgIpc) is 3.43. The Morgan fingerprint density at radius 3 is 2.48 bits per heavy atom. The number of hydrogen-bond donors (Lipinski definition) is 0. The van der Waals surface area contributed by atoms with Crippen LogP contribution in [0.15, 0.2) is 42.9 Å². The Bertz CT molecular complexity index is 1280. The van der Waals surface area contributed by atoms with E-state index in [-0.39, 0.29) is 43.1 Å². The van der Waals surface area contributed by atoms with Gasteiger partial charge in [0.2, 0.25) is 11.8 Å². The Labute approximate surface area is 230 Å². The van der Waals surface area contributed by atoms with Crippen LogP contribution >= 0.6 is 0 Å². The lowest BCUT2D eigenvalue weighted by Crippen LogP contribution is -2.45. The first-order valence-electron chi connectivity index (χ1n) is 13.3. The summed E-state index contributed by atoms with van der Waals surface area (Å²) in [4.78, 5) is 20.2. The number of aryl methyl sites for hydroxylation is 2. The molecule has 1 aromatic carbocycles.